The van der Waals surface area contributed by atoms with E-state index in [2.05, 4.69) is 132 Å². The summed E-state index contributed by atoms with van der Waals surface area (Å²) in [6.07, 6.45) is 9.34. The number of amides is 2. The van der Waals surface area contributed by atoms with Gasteiger partial charge in [0, 0.05) is 63.2 Å². The zero-order valence-corrected chi connectivity index (χ0v) is 53.3. The number of piperazine rings is 2. The molecule has 0 radical (unpaired) electrons. The molecule has 2 aromatic heterocycles. The number of hydrogen-bond acceptors (Lipinski definition) is 16. The van der Waals surface area contributed by atoms with Crippen molar-refractivity contribution in [2.45, 2.75) is 152 Å². The van der Waals surface area contributed by atoms with Gasteiger partial charge in [-0.2, -0.15) is 30.5 Å². The Labute approximate surface area is 537 Å². The van der Waals surface area contributed by atoms with Crippen LogP contribution in [-0.4, -0.2) is 153 Å². The zero-order chi connectivity index (χ0) is 64.0. The number of carbonyl (C=O) groups is 2. The number of carbonyl (C=O) groups excluding carboxylic acids is 2. The monoisotopic (exact) mass is 1250 g/mol. The first kappa shape index (κ1) is 62.7. The smallest absolute Gasteiger partial charge is 0.318 e. The van der Waals surface area contributed by atoms with Gasteiger partial charge >= 0.3 is 12.0 Å². The van der Waals surface area contributed by atoms with Crippen molar-refractivity contribution in [1.29, 1.82) is 10.5 Å². The summed E-state index contributed by atoms with van der Waals surface area (Å²) in [5.74, 6) is -2.18. The summed E-state index contributed by atoms with van der Waals surface area (Å²) in [5.41, 5.74) is 8.31. The third kappa shape index (κ3) is 11.9. The van der Waals surface area contributed by atoms with Crippen LogP contribution in [0.3, 0.4) is 0 Å². The minimum atomic E-state index is -1.02. The molecule has 2 amide bonds. The number of aryl methyl sites for hydroxylation is 2. The Morgan fingerprint density at radius 1 is 0.576 bits per heavy atom. The molecule has 0 spiro atoms. The van der Waals surface area contributed by atoms with E-state index in [4.69, 9.17) is 38.9 Å². The number of hydrogen-bond donors (Lipinski definition) is 0. The first-order valence-corrected chi connectivity index (χ1v) is 32.9. The van der Waals surface area contributed by atoms with Gasteiger partial charge in [0.1, 0.15) is 24.8 Å². The van der Waals surface area contributed by atoms with Crippen molar-refractivity contribution in [2.75, 3.05) is 88.5 Å². The fourth-order valence-electron chi connectivity index (χ4n) is 16.6. The van der Waals surface area contributed by atoms with Crippen molar-refractivity contribution in [2.24, 2.45) is 0 Å². The highest BCUT2D eigenvalue weighted by Crippen LogP contribution is 2.47. The molecule has 92 heavy (non-hydrogen) atoms. The van der Waals surface area contributed by atoms with Gasteiger partial charge in [-0.15, -0.1) is 0 Å². The average Bonchev–Trinajstić information content (AvgIpc) is 2.30. The van der Waals surface area contributed by atoms with Crippen LogP contribution in [0.5, 0.6) is 12.0 Å². The molecule has 0 saturated carbocycles. The lowest BCUT2D eigenvalue weighted by Crippen LogP contribution is -2.55. The molecule has 14 rings (SSSR count). The molecular weight excluding hydrogens is 1170 g/mol. The molecule has 4 aromatic carbocycles. The molecule has 20 heteroatoms. The van der Waals surface area contributed by atoms with E-state index in [1.807, 2.05) is 13.8 Å². The highest BCUT2D eigenvalue weighted by Gasteiger charge is 2.47. The molecule has 10 heterocycles. The normalized spacial score (nSPS) is 24.0. The van der Waals surface area contributed by atoms with E-state index in [-0.39, 0.29) is 61.4 Å². The molecule has 0 bridgehead atoms. The predicted octanol–water partition coefficient (Wildman–Crippen LogP) is 11.5. The van der Waals surface area contributed by atoms with Crippen LogP contribution in [-0.2, 0) is 31.9 Å². The van der Waals surface area contributed by atoms with E-state index in [1.165, 1.54) is 68.2 Å². The van der Waals surface area contributed by atoms with Gasteiger partial charge in [0.15, 0.2) is 11.7 Å². The average molecular weight is 1250 g/mol. The second kappa shape index (κ2) is 26.1. The molecule has 8 aliphatic heterocycles. The van der Waals surface area contributed by atoms with Crippen molar-refractivity contribution < 1.29 is 37.3 Å². The van der Waals surface area contributed by atoms with Gasteiger partial charge in [-0.05, 0) is 149 Å². The standard InChI is InChI=1S/2C36H41FN6O3/c2*1-23-8-4-9-26-10-5-11-28(31(23)26)30-20-29-32(25(3)46-30)33(41-18-19-43(34(44)24(2)37)27(21-41)12-15-38)40-35(39-29)45-22-36-13-6-16-42(36)17-7-14-36/h2*4-5,8-11,25,27,30H,2,6-7,12-14,16-22H2,1,3H3/t25-,27+,30-;25-,27-,30-/m10/s1. The van der Waals surface area contributed by atoms with Crippen LogP contribution in [0.15, 0.2) is 97.6 Å². The maximum atomic E-state index is 13.9. The first-order valence-electron chi connectivity index (χ1n) is 32.9. The third-order valence-corrected chi connectivity index (χ3v) is 21.0. The Hall–Kier alpha value is -8.14. The Balaban J connectivity index is 0.000000168. The number of nitriles is 2. The molecule has 18 nitrogen and oxygen atoms in total. The van der Waals surface area contributed by atoms with Crippen LogP contribution in [0, 0.1) is 36.5 Å². The molecule has 6 atom stereocenters. The number of fused-ring (bicyclic) bond motifs is 6. The molecule has 0 aliphatic carbocycles. The topological polar surface area (TPSA) is 190 Å². The summed E-state index contributed by atoms with van der Waals surface area (Å²) in [4.78, 5) is 57.5. The lowest BCUT2D eigenvalue weighted by molar-refractivity contribution is -0.132. The second-order valence-corrected chi connectivity index (χ2v) is 26.5. The van der Waals surface area contributed by atoms with Gasteiger partial charge < -0.3 is 38.5 Å². The number of benzene rings is 4. The van der Waals surface area contributed by atoms with E-state index in [1.54, 1.807) is 0 Å². The van der Waals surface area contributed by atoms with Gasteiger partial charge in [-0.25, -0.2) is 8.78 Å². The fourth-order valence-corrected chi connectivity index (χ4v) is 16.6. The van der Waals surface area contributed by atoms with Crippen molar-refractivity contribution in [3.63, 3.8) is 0 Å². The first-order chi connectivity index (χ1) is 44.5. The van der Waals surface area contributed by atoms with Gasteiger partial charge in [0.2, 0.25) is 0 Å². The van der Waals surface area contributed by atoms with Crippen LogP contribution in [0.4, 0.5) is 20.4 Å². The SMILES string of the molecule is C=C(F)C(=O)N1CCN(c2nc(OCC34CCCN3CCC4)nc3c2[C@@H](C)O[C@@H](c2cccc4cccc(C)c24)C3)C[C@@H]1CC#N.C=C(F)C(=O)N1CCN(c2nc(OCC34CCCN3CCC4)nc3c2[C@H](C)O[C@H](c2cccc4cccc(C)c24)C3)C[C@@H]1CC#N. The maximum absolute atomic E-state index is 13.9. The van der Waals surface area contributed by atoms with E-state index >= 15 is 0 Å². The van der Waals surface area contributed by atoms with E-state index in [0.717, 1.165) is 85.5 Å². The summed E-state index contributed by atoms with van der Waals surface area (Å²) >= 11 is 0. The highest BCUT2D eigenvalue weighted by atomic mass is 19.1. The van der Waals surface area contributed by atoms with Gasteiger partial charge in [-0.1, -0.05) is 86.0 Å². The third-order valence-electron chi connectivity index (χ3n) is 21.0. The molecule has 0 N–H and O–H groups in total. The summed E-state index contributed by atoms with van der Waals surface area (Å²) in [7, 11) is 0. The van der Waals surface area contributed by atoms with Crippen molar-refractivity contribution in [1.82, 2.24) is 39.5 Å². The molecule has 480 valence electrons. The second-order valence-electron chi connectivity index (χ2n) is 26.5. The molecule has 6 fully saturated rings. The fraction of sp³-hybridized carbons (Fsp3) is 0.500. The van der Waals surface area contributed by atoms with Gasteiger partial charge in [-0.3, -0.25) is 19.4 Å². The summed E-state index contributed by atoms with van der Waals surface area (Å²) in [5, 5.41) is 23.9. The van der Waals surface area contributed by atoms with E-state index in [0.29, 0.717) is 75.9 Å². The molecule has 6 saturated heterocycles. The van der Waals surface area contributed by atoms with Gasteiger partial charge in [0.25, 0.3) is 11.8 Å². The molecular formula is C72H82F2N12O6. The molecule has 6 aromatic rings. The van der Waals surface area contributed by atoms with Gasteiger partial charge in [0.05, 0.1) is 83.9 Å². The number of rotatable bonds is 14. The Morgan fingerprint density at radius 2 is 0.957 bits per heavy atom. The quantitative estimate of drug-likeness (QED) is 0.0935. The molecule has 8 aliphatic rings. The number of anilines is 2. The number of nitrogens with zero attached hydrogens (tertiary/aromatic N) is 12. The lowest BCUT2D eigenvalue weighted by Gasteiger charge is -2.42. The minimum absolute atomic E-state index is 0.0392. The summed E-state index contributed by atoms with van der Waals surface area (Å²) in [6, 6.07) is 29.4. The van der Waals surface area contributed by atoms with Crippen LogP contribution in [0.1, 0.15) is 147 Å². The van der Waals surface area contributed by atoms with Crippen molar-refractivity contribution >= 4 is 45.0 Å². The van der Waals surface area contributed by atoms with E-state index < -0.39 is 35.6 Å². The van der Waals surface area contributed by atoms with Crippen LogP contribution < -0.4 is 19.3 Å². The number of ether oxygens (including phenoxy) is 4. The molecule has 0 unspecified atom stereocenters. The lowest BCUT2D eigenvalue weighted by atomic mass is 9.91. The predicted molar refractivity (Wildman–Crippen MR) is 346 cm³/mol. The van der Waals surface area contributed by atoms with Crippen LogP contribution in [0.25, 0.3) is 21.5 Å². The minimum Gasteiger partial charge on any atom is -0.461 e. The summed E-state index contributed by atoms with van der Waals surface area (Å²) < 4.78 is 54.4. The summed E-state index contributed by atoms with van der Waals surface area (Å²) in [6.45, 7) is 22.2. The number of halogens is 2. The highest BCUT2D eigenvalue weighted by molar-refractivity contribution is 5.92. The Kier molecular flexibility index (Phi) is 17.8. The number of aromatic nitrogens is 4. The van der Waals surface area contributed by atoms with E-state index in [9.17, 15) is 28.9 Å². The zero-order valence-electron chi connectivity index (χ0n) is 53.3. The van der Waals surface area contributed by atoms with Crippen molar-refractivity contribution in [3.05, 3.63) is 142 Å². The largest absolute Gasteiger partial charge is 0.461 e. The van der Waals surface area contributed by atoms with Crippen molar-refractivity contribution in [3.8, 4) is 24.2 Å². The van der Waals surface area contributed by atoms with Crippen LogP contribution in [0.2, 0.25) is 0 Å². The Bertz CT molecular complexity index is 3660. The van der Waals surface area contributed by atoms with Crippen LogP contribution >= 0.6 is 0 Å². The Morgan fingerprint density at radius 3 is 1.33 bits per heavy atom. The maximum Gasteiger partial charge on any atom is 0.318 e.